The molecule has 0 unspecified atom stereocenters. The SMILES string of the molecule is Cl.O=C(Nc1nc(-c2cc(Cl)cs2)c(N2CCN(C3CCCCC3)CC2)s1)c1cnc(OC(=O)C2CCNCC2)c(Cl)c1. The van der Waals surface area contributed by atoms with Crippen LogP contribution in [0.4, 0.5) is 10.1 Å². The summed E-state index contributed by atoms with van der Waals surface area (Å²) < 4.78 is 5.45. The van der Waals surface area contributed by atoms with E-state index in [1.54, 1.807) is 11.3 Å². The molecule has 2 saturated heterocycles. The second-order valence-electron chi connectivity index (χ2n) is 11.0. The number of halogens is 3. The summed E-state index contributed by atoms with van der Waals surface area (Å²) >= 11 is 15.6. The smallest absolute Gasteiger partial charge is 0.315 e. The standard InChI is InChI=1S/C29H34Cl2N6O3S2.ClH/c30-20-15-23(41-17-20)24-27(37-12-10-36(11-13-37)21-4-2-1-3-5-21)42-29(34-24)35-25(38)19-14-22(31)26(33-16-19)40-28(39)18-6-8-32-9-7-18;/h14-18,21,32H,1-13H2,(H,34,35,38);1H. The molecule has 0 bridgehead atoms. The van der Waals surface area contributed by atoms with E-state index in [-0.39, 0.29) is 46.7 Å². The van der Waals surface area contributed by atoms with Gasteiger partial charge >= 0.3 is 5.97 Å². The molecule has 0 spiro atoms. The van der Waals surface area contributed by atoms with Crippen molar-refractivity contribution < 1.29 is 14.3 Å². The van der Waals surface area contributed by atoms with Crippen LogP contribution in [0.25, 0.3) is 10.6 Å². The molecular formula is C29H35Cl3N6O3S2. The Bertz CT molecular complexity index is 1420. The summed E-state index contributed by atoms with van der Waals surface area (Å²) in [6, 6.07) is 4.09. The number of aromatic nitrogens is 2. The largest absolute Gasteiger partial charge is 0.406 e. The van der Waals surface area contributed by atoms with Crippen LogP contribution in [0.15, 0.2) is 23.7 Å². The van der Waals surface area contributed by atoms with Gasteiger partial charge in [-0.3, -0.25) is 19.8 Å². The van der Waals surface area contributed by atoms with Gasteiger partial charge in [0.2, 0.25) is 5.88 Å². The van der Waals surface area contributed by atoms with Crippen molar-refractivity contribution in [2.24, 2.45) is 5.92 Å². The third-order valence-corrected chi connectivity index (χ3v) is 10.8. The average molecular weight is 686 g/mol. The van der Waals surface area contributed by atoms with Crippen LogP contribution in [0.1, 0.15) is 55.3 Å². The highest BCUT2D eigenvalue weighted by Gasteiger charge is 2.29. The Morgan fingerprint density at radius 2 is 1.77 bits per heavy atom. The number of hydrogen-bond donors (Lipinski definition) is 2. The summed E-state index contributed by atoms with van der Waals surface area (Å²) in [7, 11) is 0. The number of nitrogens with zero attached hydrogens (tertiary/aromatic N) is 4. The predicted molar refractivity (Wildman–Crippen MR) is 177 cm³/mol. The highest BCUT2D eigenvalue weighted by Crippen LogP contribution is 2.42. The number of esters is 1. The van der Waals surface area contributed by atoms with Gasteiger partial charge in [-0.05, 0) is 50.9 Å². The number of anilines is 2. The van der Waals surface area contributed by atoms with Crippen LogP contribution < -0.4 is 20.3 Å². The fourth-order valence-electron chi connectivity index (χ4n) is 5.94. The topological polar surface area (TPSA) is 99.7 Å². The van der Waals surface area contributed by atoms with Crippen molar-refractivity contribution in [1.82, 2.24) is 20.2 Å². The van der Waals surface area contributed by atoms with E-state index in [9.17, 15) is 9.59 Å². The van der Waals surface area contributed by atoms with Crippen molar-refractivity contribution in [3.63, 3.8) is 0 Å². The zero-order chi connectivity index (χ0) is 29.1. The maximum absolute atomic E-state index is 13.2. The molecule has 0 aromatic carbocycles. The number of piperidine rings is 1. The Hall–Kier alpha value is -1.99. The molecule has 3 aromatic rings. The zero-order valence-corrected chi connectivity index (χ0v) is 27.6. The Kier molecular flexibility index (Phi) is 11.2. The van der Waals surface area contributed by atoms with E-state index in [4.69, 9.17) is 32.9 Å². The molecule has 0 atom stereocenters. The van der Waals surface area contributed by atoms with E-state index in [2.05, 4.69) is 25.4 Å². The van der Waals surface area contributed by atoms with E-state index in [0.717, 1.165) is 54.8 Å². The van der Waals surface area contributed by atoms with Gasteiger partial charge in [0.05, 0.1) is 21.4 Å². The number of carbonyl (C=O) groups is 2. The van der Waals surface area contributed by atoms with E-state index in [0.29, 0.717) is 29.0 Å². The first kappa shape index (κ1) is 32.4. The molecule has 6 rings (SSSR count). The third kappa shape index (κ3) is 7.81. The number of hydrogen-bond acceptors (Lipinski definition) is 10. The highest BCUT2D eigenvalue weighted by molar-refractivity contribution is 7.21. The van der Waals surface area contributed by atoms with E-state index >= 15 is 0 Å². The number of pyridine rings is 1. The fraction of sp³-hybridized carbons (Fsp3) is 0.517. The number of piperazine rings is 1. The summed E-state index contributed by atoms with van der Waals surface area (Å²) in [6.45, 7) is 5.42. The Morgan fingerprint density at radius 3 is 2.44 bits per heavy atom. The van der Waals surface area contributed by atoms with Crippen molar-refractivity contribution in [2.75, 3.05) is 49.5 Å². The number of amides is 1. The van der Waals surface area contributed by atoms with Crippen molar-refractivity contribution in [3.8, 4) is 16.5 Å². The van der Waals surface area contributed by atoms with Gasteiger partial charge in [-0.1, -0.05) is 53.8 Å². The van der Waals surface area contributed by atoms with Gasteiger partial charge in [0, 0.05) is 43.8 Å². The first-order valence-corrected chi connectivity index (χ1v) is 17.0. The van der Waals surface area contributed by atoms with Crippen LogP contribution in [-0.4, -0.2) is 72.1 Å². The number of carbonyl (C=O) groups excluding carboxylic acids is 2. The molecule has 1 amide bonds. The minimum atomic E-state index is -0.390. The van der Waals surface area contributed by atoms with Gasteiger partial charge in [0.25, 0.3) is 5.91 Å². The maximum Gasteiger partial charge on any atom is 0.315 e. The lowest BCUT2D eigenvalue weighted by Gasteiger charge is -2.41. The Balaban J connectivity index is 0.00000368. The molecule has 5 heterocycles. The Labute approximate surface area is 275 Å². The van der Waals surface area contributed by atoms with Crippen LogP contribution in [-0.2, 0) is 4.79 Å². The molecule has 1 saturated carbocycles. The number of nitrogens with one attached hydrogen (secondary N) is 2. The van der Waals surface area contributed by atoms with Crippen molar-refractivity contribution >= 4 is 80.3 Å². The molecule has 9 nitrogen and oxygen atoms in total. The lowest BCUT2D eigenvalue weighted by molar-refractivity contribution is -0.140. The second kappa shape index (κ2) is 14.9. The first-order valence-electron chi connectivity index (χ1n) is 14.6. The van der Waals surface area contributed by atoms with Crippen LogP contribution in [0.5, 0.6) is 5.88 Å². The van der Waals surface area contributed by atoms with Gasteiger partial charge in [-0.2, -0.15) is 0 Å². The first-order chi connectivity index (χ1) is 20.4. The number of thiazole rings is 1. The van der Waals surface area contributed by atoms with E-state index < -0.39 is 0 Å². The average Bonchev–Trinajstić information content (AvgIpc) is 3.65. The molecule has 43 heavy (non-hydrogen) atoms. The van der Waals surface area contributed by atoms with Gasteiger partial charge in [0.1, 0.15) is 15.7 Å². The van der Waals surface area contributed by atoms with Crippen molar-refractivity contribution in [1.29, 1.82) is 0 Å². The monoisotopic (exact) mass is 684 g/mol. The molecule has 2 N–H and O–H groups in total. The summed E-state index contributed by atoms with van der Waals surface area (Å²) in [5, 5.41) is 10.3. The van der Waals surface area contributed by atoms with Crippen LogP contribution in [0.2, 0.25) is 10.0 Å². The van der Waals surface area contributed by atoms with Gasteiger partial charge in [0.15, 0.2) is 5.13 Å². The van der Waals surface area contributed by atoms with Crippen molar-refractivity contribution in [2.45, 2.75) is 51.0 Å². The van der Waals surface area contributed by atoms with Gasteiger partial charge in [-0.25, -0.2) is 9.97 Å². The van der Waals surface area contributed by atoms with Crippen molar-refractivity contribution in [3.05, 3.63) is 39.3 Å². The molecule has 3 aliphatic rings. The van der Waals surface area contributed by atoms with Gasteiger partial charge < -0.3 is 15.0 Å². The molecule has 14 heteroatoms. The molecule has 3 fully saturated rings. The summed E-state index contributed by atoms with van der Waals surface area (Å²) in [6.07, 6.45) is 9.41. The quantitative estimate of drug-likeness (QED) is 0.268. The summed E-state index contributed by atoms with van der Waals surface area (Å²) in [5.41, 5.74) is 1.08. The van der Waals surface area contributed by atoms with Gasteiger partial charge in [-0.15, -0.1) is 23.7 Å². The lowest BCUT2D eigenvalue weighted by Crippen LogP contribution is -2.50. The lowest BCUT2D eigenvalue weighted by atomic mass is 9.94. The number of ether oxygens (including phenoxy) is 1. The number of thiophene rings is 1. The van der Waals surface area contributed by atoms with Crippen LogP contribution in [0.3, 0.4) is 0 Å². The predicted octanol–water partition coefficient (Wildman–Crippen LogP) is 6.61. The Morgan fingerprint density at radius 1 is 1.02 bits per heavy atom. The molecule has 3 aromatic heterocycles. The summed E-state index contributed by atoms with van der Waals surface area (Å²) in [5.74, 6) is -0.913. The molecule has 0 radical (unpaired) electrons. The van der Waals surface area contributed by atoms with E-state index in [1.807, 2.05) is 11.4 Å². The normalized spacial score (nSPS) is 18.7. The highest BCUT2D eigenvalue weighted by atomic mass is 35.5. The van der Waals surface area contributed by atoms with Crippen LogP contribution >= 0.6 is 58.3 Å². The third-order valence-electron chi connectivity index (χ3n) is 8.26. The molecular weight excluding hydrogens is 651 g/mol. The van der Waals surface area contributed by atoms with E-state index in [1.165, 1.54) is 55.7 Å². The maximum atomic E-state index is 13.2. The second-order valence-corrected chi connectivity index (χ2v) is 13.8. The fourth-order valence-corrected chi connectivity index (χ4v) is 8.31. The molecule has 232 valence electrons. The minimum absolute atomic E-state index is 0. The van der Waals surface area contributed by atoms with Crippen LogP contribution in [0, 0.1) is 5.92 Å². The number of rotatable bonds is 7. The summed E-state index contributed by atoms with van der Waals surface area (Å²) in [4.78, 5) is 40.7. The zero-order valence-electron chi connectivity index (χ0n) is 23.7. The minimum Gasteiger partial charge on any atom is -0.406 e. The molecule has 2 aliphatic heterocycles. The molecule has 1 aliphatic carbocycles.